The molecular formula is C59H84N16O2. The van der Waals surface area contributed by atoms with Gasteiger partial charge in [0, 0.05) is 60.3 Å². The Morgan fingerprint density at radius 1 is 0.403 bits per heavy atom. The van der Waals surface area contributed by atoms with E-state index in [-0.39, 0.29) is 5.78 Å². The van der Waals surface area contributed by atoms with Crippen molar-refractivity contribution in [3.8, 4) is 5.75 Å². The third kappa shape index (κ3) is 15.2. The van der Waals surface area contributed by atoms with Gasteiger partial charge < -0.3 is 31.3 Å². The average molecular weight is 1050 g/mol. The Balaban J connectivity index is 0.000000134. The highest BCUT2D eigenvalue weighted by atomic mass is 16.5. The Kier molecular flexibility index (Phi) is 20.9. The van der Waals surface area contributed by atoms with Gasteiger partial charge in [-0.05, 0) is 110 Å². The first-order valence-electron chi connectivity index (χ1n) is 28.1. The molecule has 0 amide bonds. The zero-order chi connectivity index (χ0) is 55.0. The number of pyridine rings is 1. The van der Waals surface area contributed by atoms with Crippen LogP contribution >= 0.6 is 0 Å². The fraction of sp³-hybridized carbons (Fsp3) is 0.559. The molecule has 1 aliphatic carbocycles. The lowest BCUT2D eigenvalue weighted by Crippen LogP contribution is -2.25. The molecule has 11 heterocycles. The van der Waals surface area contributed by atoms with E-state index in [1.165, 1.54) is 82.7 Å². The van der Waals surface area contributed by atoms with Gasteiger partial charge in [0.05, 0.1) is 35.9 Å². The molecule has 5 aliphatic heterocycles. The van der Waals surface area contributed by atoms with Crippen molar-refractivity contribution >= 4 is 34.9 Å². The van der Waals surface area contributed by atoms with E-state index >= 15 is 0 Å². The van der Waals surface area contributed by atoms with E-state index in [1.807, 2.05) is 6.20 Å². The smallest absolute Gasteiger partial charge is 0.183 e. The van der Waals surface area contributed by atoms with Crippen molar-refractivity contribution in [2.24, 2.45) is 0 Å². The van der Waals surface area contributed by atoms with Crippen LogP contribution in [0.4, 0.5) is 29.1 Å². The topological polar surface area (TPSA) is 228 Å². The number of hydrogen-bond donors (Lipinski definition) is 5. The van der Waals surface area contributed by atoms with Gasteiger partial charge in [-0.25, -0.2) is 54.8 Å². The average Bonchev–Trinajstić information content (AvgIpc) is 4.15. The maximum Gasteiger partial charge on any atom is 0.183 e. The molecule has 0 aromatic carbocycles. The molecule has 0 atom stereocenters. The third-order valence-corrected chi connectivity index (χ3v) is 14.1. The summed E-state index contributed by atoms with van der Waals surface area (Å²) in [6.45, 7) is 30.9. The highest BCUT2D eigenvalue weighted by Crippen LogP contribution is 2.33. The van der Waals surface area contributed by atoms with Gasteiger partial charge in [0.1, 0.15) is 61.5 Å². The molecular weight excluding hydrogens is 965 g/mol. The Labute approximate surface area is 457 Å². The third-order valence-electron chi connectivity index (χ3n) is 14.1. The van der Waals surface area contributed by atoms with Crippen LogP contribution in [0.1, 0.15) is 205 Å². The standard InChI is InChI=1S/C11H16N2.C10H13N3O.C10H15N3.C10H14N2.C9H13N3O.C9H13N3/c1-8(2)9-5-7-13-11-10(9)4-3-6-12-11;1-6(2)9-8-3-7(14)4-11-10(8)13-5-12-9;1-7(2)9-8-4-3-5-11-10(8)13-6-12-9;1-7(2)10-8-4-3-5-9(8)11-6-12-10;1-6(2)7-8-9(12-5-11-7)10-3-4-13-8;1-6(2)8-7-3-4-10-9(7)12-5-11-8/h5,7-8H,3-4,6H2,1-2H3,(H,12,13);5-6H,3-4H2,1-2H3,(H,11,12,13);6-7H,3-5H2,1-2H3,(H,11,12,13);6-7H,3-5H2,1-2H3;5-6H,3-4H2,1-2H3,(H,10,11,12);5-6H,3-4H2,1-2H3,(H,10,11,12). The fourth-order valence-electron chi connectivity index (χ4n) is 10.3. The molecule has 12 rings (SSSR count). The maximum atomic E-state index is 11.3. The summed E-state index contributed by atoms with van der Waals surface area (Å²) in [6.07, 6.45) is 19.9. The molecule has 0 fully saturated rings. The Hall–Kier alpha value is -6.98. The molecule has 0 unspecified atom stereocenters. The second-order valence-corrected chi connectivity index (χ2v) is 22.0. The minimum absolute atomic E-state index is 0.203. The molecule has 6 aliphatic rings. The quantitative estimate of drug-likeness (QED) is 0.104. The number of hydrogen-bond acceptors (Lipinski definition) is 18. The first-order valence-corrected chi connectivity index (χ1v) is 28.1. The lowest BCUT2D eigenvalue weighted by Gasteiger charge is -2.21. The monoisotopic (exact) mass is 1050 g/mol. The number of ether oxygens (including phenoxy) is 1. The van der Waals surface area contributed by atoms with Crippen molar-refractivity contribution < 1.29 is 9.53 Å². The van der Waals surface area contributed by atoms with E-state index in [4.69, 9.17) is 4.74 Å². The van der Waals surface area contributed by atoms with Crippen LogP contribution in [0.5, 0.6) is 5.75 Å². The molecule has 5 N–H and O–H groups in total. The molecule has 6 aromatic rings. The molecule has 0 bridgehead atoms. The summed E-state index contributed by atoms with van der Waals surface area (Å²) in [6, 6.07) is 2.15. The van der Waals surface area contributed by atoms with Gasteiger partial charge in [-0.2, -0.15) is 0 Å². The summed E-state index contributed by atoms with van der Waals surface area (Å²) in [7, 11) is 0. The number of fused-ring (bicyclic) bond motifs is 6. The van der Waals surface area contributed by atoms with Crippen molar-refractivity contribution in [2.45, 2.75) is 176 Å². The van der Waals surface area contributed by atoms with E-state index in [2.05, 4.69) is 171 Å². The highest BCUT2D eigenvalue weighted by Gasteiger charge is 2.23. The number of rotatable bonds is 6. The van der Waals surface area contributed by atoms with Gasteiger partial charge >= 0.3 is 0 Å². The zero-order valence-corrected chi connectivity index (χ0v) is 47.8. The summed E-state index contributed by atoms with van der Waals surface area (Å²) < 4.78 is 5.53. The molecule has 0 saturated heterocycles. The van der Waals surface area contributed by atoms with Crippen molar-refractivity contribution in [1.29, 1.82) is 0 Å². The minimum Gasteiger partial charge on any atom is -0.486 e. The lowest BCUT2D eigenvalue weighted by molar-refractivity contribution is -0.117. The van der Waals surface area contributed by atoms with Crippen molar-refractivity contribution in [3.05, 3.63) is 111 Å². The first-order chi connectivity index (χ1) is 37.1. The number of anilines is 5. The number of aromatic nitrogens is 11. The van der Waals surface area contributed by atoms with E-state index in [0.717, 1.165) is 97.2 Å². The molecule has 0 spiro atoms. The van der Waals surface area contributed by atoms with E-state index < -0.39 is 0 Å². The van der Waals surface area contributed by atoms with E-state index in [9.17, 15) is 4.79 Å². The second-order valence-electron chi connectivity index (χ2n) is 22.0. The molecule has 412 valence electrons. The maximum absolute atomic E-state index is 11.3. The van der Waals surface area contributed by atoms with Crippen molar-refractivity contribution in [1.82, 2.24) is 54.8 Å². The predicted molar refractivity (Wildman–Crippen MR) is 308 cm³/mol. The number of carbonyl (C=O) groups is 1. The zero-order valence-electron chi connectivity index (χ0n) is 47.8. The Bertz CT molecular complexity index is 2670. The lowest BCUT2D eigenvalue weighted by atomic mass is 9.94. The van der Waals surface area contributed by atoms with E-state index in [0.29, 0.717) is 55.1 Å². The largest absolute Gasteiger partial charge is 0.486 e. The molecule has 6 aromatic heterocycles. The molecule has 18 heteroatoms. The van der Waals surface area contributed by atoms with Crippen LogP contribution in [0.2, 0.25) is 0 Å². The minimum atomic E-state index is 0.203. The van der Waals surface area contributed by atoms with Gasteiger partial charge in [-0.1, -0.05) is 83.1 Å². The fourth-order valence-corrected chi connectivity index (χ4v) is 10.3. The van der Waals surface area contributed by atoms with E-state index in [1.54, 1.807) is 31.6 Å². The SMILES string of the molecule is CC(C)c1ccnc2c1CCCN2.CC(C)c1ncnc2c1CC(=O)CN2.CC(C)c1ncnc2c1CCC2.CC(C)c1ncnc2c1CCCN2.CC(C)c1ncnc2c1CCN2.CC(C)c1ncnc2c1OCCN2. The number of carbonyl (C=O) groups excluding carboxylic acids is 1. The molecule has 77 heavy (non-hydrogen) atoms. The highest BCUT2D eigenvalue weighted by molar-refractivity contribution is 5.89. The number of ketones is 1. The Morgan fingerprint density at radius 2 is 0.857 bits per heavy atom. The second kappa shape index (κ2) is 27.9. The predicted octanol–water partition coefficient (Wildman–Crippen LogP) is 10.7. The van der Waals surface area contributed by atoms with Crippen LogP contribution < -0.4 is 31.3 Å². The molecule has 18 nitrogen and oxygen atoms in total. The van der Waals surface area contributed by atoms with Crippen molar-refractivity contribution in [3.63, 3.8) is 0 Å². The van der Waals surface area contributed by atoms with Gasteiger partial charge in [0.15, 0.2) is 17.4 Å². The summed E-state index contributed by atoms with van der Waals surface area (Å²) in [5.41, 5.74) is 14.8. The molecule has 0 saturated carbocycles. The molecule has 0 radical (unpaired) electrons. The normalized spacial score (nSPS) is 15.1. The number of Topliss-reactive ketones (excluding diaryl/α,β-unsaturated/α-hetero) is 1. The van der Waals surface area contributed by atoms with Gasteiger partial charge in [-0.15, -0.1) is 0 Å². The Morgan fingerprint density at radius 3 is 1.44 bits per heavy atom. The van der Waals surface area contributed by atoms with Crippen LogP contribution in [0.3, 0.4) is 0 Å². The van der Waals surface area contributed by atoms with Gasteiger partial charge in [0.2, 0.25) is 0 Å². The van der Waals surface area contributed by atoms with Crippen LogP contribution in [0.25, 0.3) is 0 Å². The summed E-state index contributed by atoms with van der Waals surface area (Å²) in [4.78, 5) is 58.0. The number of aryl methyl sites for hydroxylation is 1. The first kappa shape index (κ1) is 57.7. The van der Waals surface area contributed by atoms with Crippen LogP contribution in [0.15, 0.2) is 43.9 Å². The summed E-state index contributed by atoms with van der Waals surface area (Å²) in [5.74, 6) is 8.72. The van der Waals surface area contributed by atoms with Gasteiger partial charge in [0.25, 0.3) is 0 Å². The van der Waals surface area contributed by atoms with Crippen LogP contribution in [-0.4, -0.2) is 99.9 Å². The summed E-state index contributed by atoms with van der Waals surface area (Å²) in [5, 5.41) is 16.1. The van der Waals surface area contributed by atoms with Crippen LogP contribution in [-0.2, 0) is 43.3 Å². The summed E-state index contributed by atoms with van der Waals surface area (Å²) >= 11 is 0. The van der Waals surface area contributed by atoms with Crippen LogP contribution in [0, 0.1) is 0 Å². The number of nitrogens with zero attached hydrogens (tertiary/aromatic N) is 11. The van der Waals surface area contributed by atoms with Crippen molar-refractivity contribution in [2.75, 3.05) is 65.9 Å². The number of nitrogens with one attached hydrogen (secondary N) is 5. The van der Waals surface area contributed by atoms with Gasteiger partial charge in [-0.3, -0.25) is 4.79 Å².